The summed E-state index contributed by atoms with van der Waals surface area (Å²) in [7, 11) is 0. The van der Waals surface area contributed by atoms with E-state index in [1.54, 1.807) is 0 Å². The Morgan fingerprint density at radius 3 is 2.23 bits per heavy atom. The van der Waals surface area contributed by atoms with Crippen LogP contribution in [0.15, 0.2) is 54.6 Å². The van der Waals surface area contributed by atoms with Gasteiger partial charge in [0.05, 0.1) is 5.54 Å². The van der Waals surface area contributed by atoms with Crippen molar-refractivity contribution in [3.8, 4) is 0 Å². The molecule has 3 aliphatic rings. The van der Waals surface area contributed by atoms with Gasteiger partial charge >= 0.3 is 0 Å². The van der Waals surface area contributed by atoms with Crippen molar-refractivity contribution in [1.29, 1.82) is 0 Å². The van der Waals surface area contributed by atoms with Gasteiger partial charge in [-0.1, -0.05) is 37.3 Å². The van der Waals surface area contributed by atoms with Crippen molar-refractivity contribution < 1.29 is 0 Å². The average molecular weight is 348 g/mol. The van der Waals surface area contributed by atoms with Crippen molar-refractivity contribution in [1.82, 2.24) is 4.90 Å². The van der Waals surface area contributed by atoms with E-state index in [0.29, 0.717) is 0 Å². The number of fused-ring (bicyclic) bond motifs is 1. The van der Waals surface area contributed by atoms with Crippen LogP contribution in [0.5, 0.6) is 0 Å². The van der Waals surface area contributed by atoms with Crippen molar-refractivity contribution >= 4 is 11.4 Å². The predicted molar refractivity (Wildman–Crippen MR) is 108 cm³/mol. The maximum Gasteiger partial charge on any atom is 0.0526 e. The van der Waals surface area contributed by atoms with Gasteiger partial charge in [0.1, 0.15) is 0 Å². The summed E-state index contributed by atoms with van der Waals surface area (Å²) in [5.41, 5.74) is 10.1. The zero-order valence-corrected chi connectivity index (χ0v) is 15.6. The van der Waals surface area contributed by atoms with E-state index in [-0.39, 0.29) is 5.54 Å². The Morgan fingerprint density at radius 2 is 1.58 bits per heavy atom. The fraction of sp³-hybridized carbons (Fsp3) is 0.478. The summed E-state index contributed by atoms with van der Waals surface area (Å²) >= 11 is 0. The third-order valence-corrected chi connectivity index (χ3v) is 7.09. The Labute approximate surface area is 156 Å². The van der Waals surface area contributed by atoms with Crippen LogP contribution in [0.3, 0.4) is 0 Å². The van der Waals surface area contributed by atoms with Gasteiger partial charge in [-0.15, -0.1) is 0 Å². The minimum atomic E-state index is 0.255. The quantitative estimate of drug-likeness (QED) is 0.853. The molecule has 2 aliphatic carbocycles. The van der Waals surface area contributed by atoms with Crippen molar-refractivity contribution in [2.75, 3.05) is 36.8 Å². The molecule has 1 heterocycles. The minimum Gasteiger partial charge on any atom is -0.399 e. The first-order chi connectivity index (χ1) is 12.7. The highest BCUT2D eigenvalue weighted by Gasteiger charge is 2.70. The fourth-order valence-corrected chi connectivity index (χ4v) is 6.01. The first-order valence-corrected chi connectivity index (χ1v) is 10.1. The number of nitrogens with zero attached hydrogens (tertiary/aromatic N) is 2. The molecule has 4 atom stereocenters. The highest BCUT2D eigenvalue weighted by atomic mass is 15.3. The molecule has 2 N–H and O–H groups in total. The van der Waals surface area contributed by atoms with Gasteiger partial charge in [0.2, 0.25) is 0 Å². The number of nitrogen functional groups attached to an aromatic ring is 1. The van der Waals surface area contributed by atoms with Gasteiger partial charge < -0.3 is 10.6 Å². The molecule has 3 nitrogen and oxygen atoms in total. The summed E-state index contributed by atoms with van der Waals surface area (Å²) < 4.78 is 0. The SMILES string of the molecule is CC1C[C@@H]2[C@H](C1)C2(c1cccc(N)c1)N1CCN(c2ccccc2)CC1. The molecule has 0 aromatic heterocycles. The van der Waals surface area contributed by atoms with E-state index in [1.165, 1.54) is 24.1 Å². The van der Waals surface area contributed by atoms with E-state index in [2.05, 4.69) is 65.3 Å². The number of para-hydroxylation sites is 1. The highest BCUT2D eigenvalue weighted by molar-refractivity contribution is 5.49. The molecule has 3 fully saturated rings. The van der Waals surface area contributed by atoms with Crippen molar-refractivity contribution in [2.45, 2.75) is 25.3 Å². The van der Waals surface area contributed by atoms with Crippen LogP contribution in [0, 0.1) is 17.8 Å². The first-order valence-electron chi connectivity index (χ1n) is 10.1. The molecule has 0 radical (unpaired) electrons. The number of nitrogens with two attached hydrogens (primary N) is 1. The van der Waals surface area contributed by atoms with Gasteiger partial charge in [-0.2, -0.15) is 0 Å². The van der Waals surface area contributed by atoms with Gasteiger partial charge in [0.15, 0.2) is 0 Å². The Bertz CT molecular complexity index is 767. The lowest BCUT2D eigenvalue weighted by molar-refractivity contribution is 0.124. The lowest BCUT2D eigenvalue weighted by Gasteiger charge is -2.43. The molecule has 26 heavy (non-hydrogen) atoms. The molecular weight excluding hydrogens is 318 g/mol. The van der Waals surface area contributed by atoms with Crippen LogP contribution in [-0.2, 0) is 5.54 Å². The molecule has 1 aliphatic heterocycles. The highest BCUT2D eigenvalue weighted by Crippen LogP contribution is 2.70. The number of hydrogen-bond acceptors (Lipinski definition) is 3. The number of anilines is 2. The number of rotatable bonds is 3. The van der Waals surface area contributed by atoms with E-state index < -0.39 is 0 Å². The molecule has 2 aromatic rings. The number of hydrogen-bond donors (Lipinski definition) is 1. The Hall–Kier alpha value is -2.00. The van der Waals surface area contributed by atoms with Crippen molar-refractivity contribution in [3.05, 3.63) is 60.2 Å². The zero-order valence-electron chi connectivity index (χ0n) is 15.6. The molecule has 2 unspecified atom stereocenters. The van der Waals surface area contributed by atoms with Crippen LogP contribution < -0.4 is 10.6 Å². The van der Waals surface area contributed by atoms with E-state index in [0.717, 1.165) is 49.6 Å². The zero-order chi connectivity index (χ0) is 17.7. The largest absolute Gasteiger partial charge is 0.399 e. The van der Waals surface area contributed by atoms with Gasteiger partial charge in [-0.25, -0.2) is 0 Å². The molecule has 2 aromatic carbocycles. The molecule has 1 saturated heterocycles. The lowest BCUT2D eigenvalue weighted by atomic mass is 9.89. The normalized spacial score (nSPS) is 33.9. The lowest BCUT2D eigenvalue weighted by Crippen LogP contribution is -2.52. The van der Waals surface area contributed by atoms with Crippen LogP contribution in [0.4, 0.5) is 11.4 Å². The Kier molecular flexibility index (Phi) is 3.75. The summed E-state index contributed by atoms with van der Waals surface area (Å²) in [4.78, 5) is 5.33. The van der Waals surface area contributed by atoms with Gasteiger partial charge in [-0.05, 0) is 60.4 Å². The van der Waals surface area contributed by atoms with Gasteiger partial charge in [-0.3, -0.25) is 4.90 Å². The molecule has 5 rings (SSSR count). The summed E-state index contributed by atoms with van der Waals surface area (Å²) in [6.07, 6.45) is 2.75. The topological polar surface area (TPSA) is 32.5 Å². The molecule has 136 valence electrons. The Morgan fingerprint density at radius 1 is 0.885 bits per heavy atom. The summed E-state index contributed by atoms with van der Waals surface area (Å²) in [6, 6.07) is 19.6. The van der Waals surface area contributed by atoms with E-state index in [4.69, 9.17) is 5.73 Å². The maximum atomic E-state index is 6.16. The first kappa shape index (κ1) is 16.2. The van der Waals surface area contributed by atoms with E-state index >= 15 is 0 Å². The second-order valence-corrected chi connectivity index (χ2v) is 8.55. The number of piperazine rings is 1. The third-order valence-electron chi connectivity index (χ3n) is 7.09. The van der Waals surface area contributed by atoms with Crippen LogP contribution in [0.25, 0.3) is 0 Å². The van der Waals surface area contributed by atoms with E-state index in [9.17, 15) is 0 Å². The predicted octanol–water partition coefficient (Wildman–Crippen LogP) is 3.96. The molecule has 0 bridgehead atoms. The molecule has 0 spiro atoms. The van der Waals surface area contributed by atoms with Crippen LogP contribution in [-0.4, -0.2) is 31.1 Å². The summed E-state index contributed by atoms with van der Waals surface area (Å²) in [5, 5.41) is 0. The van der Waals surface area contributed by atoms with Crippen LogP contribution >= 0.6 is 0 Å². The third kappa shape index (κ3) is 2.37. The van der Waals surface area contributed by atoms with Crippen LogP contribution in [0.2, 0.25) is 0 Å². The second-order valence-electron chi connectivity index (χ2n) is 8.55. The summed E-state index contributed by atoms with van der Waals surface area (Å²) in [5.74, 6) is 2.52. The van der Waals surface area contributed by atoms with Crippen LogP contribution in [0.1, 0.15) is 25.3 Å². The fourth-order valence-electron chi connectivity index (χ4n) is 6.01. The minimum absolute atomic E-state index is 0.255. The molecule has 2 saturated carbocycles. The number of benzene rings is 2. The maximum absolute atomic E-state index is 6.16. The Balaban J connectivity index is 1.40. The van der Waals surface area contributed by atoms with Gasteiger partial charge in [0, 0.05) is 37.6 Å². The average Bonchev–Trinajstić information content (AvgIpc) is 3.10. The second kappa shape index (κ2) is 6.02. The molecule has 3 heteroatoms. The standard InChI is InChI=1S/C23H29N3/c1-17-14-21-22(15-17)23(21,18-6-5-7-19(24)16-18)26-12-10-25(11-13-26)20-8-3-2-4-9-20/h2-9,16-17,21-22H,10-15,24H2,1H3/t17?,21-,22+,23?. The monoisotopic (exact) mass is 347 g/mol. The molecular formula is C23H29N3. The van der Waals surface area contributed by atoms with Crippen molar-refractivity contribution in [3.63, 3.8) is 0 Å². The van der Waals surface area contributed by atoms with E-state index in [1.807, 2.05) is 6.07 Å². The van der Waals surface area contributed by atoms with Gasteiger partial charge in [0.25, 0.3) is 0 Å². The summed E-state index contributed by atoms with van der Waals surface area (Å²) in [6.45, 7) is 6.94. The van der Waals surface area contributed by atoms with Crippen molar-refractivity contribution in [2.24, 2.45) is 17.8 Å². The molecule has 0 amide bonds. The smallest absolute Gasteiger partial charge is 0.0526 e.